The smallest absolute Gasteiger partial charge is 0.127 e. The van der Waals surface area contributed by atoms with Crippen molar-refractivity contribution in [2.24, 2.45) is 0 Å². The van der Waals surface area contributed by atoms with E-state index >= 15 is 0 Å². The van der Waals surface area contributed by atoms with E-state index < -0.39 is 0 Å². The van der Waals surface area contributed by atoms with Crippen LogP contribution in [0.3, 0.4) is 0 Å². The molecule has 1 aliphatic heterocycles. The van der Waals surface area contributed by atoms with Gasteiger partial charge < -0.3 is 15.0 Å². The van der Waals surface area contributed by atoms with Gasteiger partial charge in [-0.2, -0.15) is 0 Å². The van der Waals surface area contributed by atoms with Gasteiger partial charge in [0.25, 0.3) is 0 Å². The Balaban J connectivity index is 1.63. The van der Waals surface area contributed by atoms with Crippen LogP contribution in [0.25, 0.3) is 0 Å². The fourth-order valence-electron chi connectivity index (χ4n) is 2.59. The number of nitrogens with one attached hydrogen (secondary N) is 1. The van der Waals surface area contributed by atoms with Crippen molar-refractivity contribution < 1.29 is 15.0 Å². The Labute approximate surface area is 110 Å². The van der Waals surface area contributed by atoms with E-state index in [0.717, 1.165) is 18.9 Å². The van der Waals surface area contributed by atoms with Crippen molar-refractivity contribution in [3.8, 4) is 5.75 Å². The number of rotatable bonds is 7. The molecule has 3 nitrogen and oxygen atoms in total. The third-order valence-corrected chi connectivity index (χ3v) is 3.63. The number of quaternary nitrogens is 2. The molecular formula is C15H26N2O+2. The van der Waals surface area contributed by atoms with E-state index in [4.69, 9.17) is 4.74 Å². The van der Waals surface area contributed by atoms with Crippen molar-refractivity contribution >= 4 is 0 Å². The van der Waals surface area contributed by atoms with Crippen LogP contribution in [0.4, 0.5) is 0 Å². The molecule has 1 fully saturated rings. The fraction of sp³-hybridized carbons (Fsp3) is 0.600. The lowest BCUT2D eigenvalue weighted by Gasteiger charge is -2.10. The van der Waals surface area contributed by atoms with Gasteiger partial charge in [-0.05, 0) is 31.2 Å². The normalized spacial score (nSPS) is 16.1. The van der Waals surface area contributed by atoms with Crippen LogP contribution < -0.4 is 15.0 Å². The first-order valence-electron chi connectivity index (χ1n) is 7.25. The largest absolute Gasteiger partial charge is 0.494 e. The minimum atomic E-state index is 0.740. The lowest BCUT2D eigenvalue weighted by Crippen LogP contribution is -3.12. The number of benzene rings is 1. The van der Waals surface area contributed by atoms with Gasteiger partial charge in [0.15, 0.2) is 0 Å². The molecule has 0 radical (unpaired) electrons. The predicted octanol–water partition coefficient (Wildman–Crippen LogP) is -0.173. The summed E-state index contributed by atoms with van der Waals surface area (Å²) in [5, 5.41) is 2.42. The third kappa shape index (κ3) is 4.31. The number of nitrogens with two attached hydrogens (primary N) is 1. The Morgan fingerprint density at radius 3 is 2.56 bits per heavy atom. The zero-order chi connectivity index (χ0) is 12.6. The molecule has 0 aromatic heterocycles. The highest BCUT2D eigenvalue weighted by molar-refractivity contribution is 5.26. The minimum absolute atomic E-state index is 0.740. The Morgan fingerprint density at radius 2 is 1.89 bits per heavy atom. The molecule has 1 aliphatic rings. The van der Waals surface area contributed by atoms with E-state index in [-0.39, 0.29) is 0 Å². The van der Waals surface area contributed by atoms with E-state index in [0.29, 0.717) is 0 Å². The Hall–Kier alpha value is -1.06. The third-order valence-electron chi connectivity index (χ3n) is 3.63. The molecule has 3 N–H and O–H groups in total. The molecule has 3 heteroatoms. The van der Waals surface area contributed by atoms with Gasteiger partial charge in [-0.15, -0.1) is 0 Å². The summed E-state index contributed by atoms with van der Waals surface area (Å²) in [6.45, 7) is 9.17. The average molecular weight is 250 g/mol. The van der Waals surface area contributed by atoms with Crippen LogP contribution in [0.1, 0.15) is 25.3 Å². The van der Waals surface area contributed by atoms with Crippen LogP contribution in [-0.2, 0) is 6.54 Å². The van der Waals surface area contributed by atoms with Gasteiger partial charge in [0.2, 0.25) is 0 Å². The van der Waals surface area contributed by atoms with Crippen molar-refractivity contribution in [1.29, 1.82) is 0 Å². The van der Waals surface area contributed by atoms with Crippen LogP contribution in [0.5, 0.6) is 5.75 Å². The van der Waals surface area contributed by atoms with E-state index in [9.17, 15) is 0 Å². The van der Waals surface area contributed by atoms with Crippen LogP contribution in [0.15, 0.2) is 24.3 Å². The zero-order valence-electron chi connectivity index (χ0n) is 11.5. The van der Waals surface area contributed by atoms with E-state index in [1.54, 1.807) is 4.90 Å². The first kappa shape index (κ1) is 13.4. The molecule has 0 spiro atoms. The monoisotopic (exact) mass is 250 g/mol. The van der Waals surface area contributed by atoms with Gasteiger partial charge in [0, 0.05) is 18.4 Å². The second-order valence-corrected chi connectivity index (χ2v) is 5.07. The summed E-state index contributed by atoms with van der Waals surface area (Å²) in [4.78, 5) is 1.79. The minimum Gasteiger partial charge on any atom is -0.494 e. The van der Waals surface area contributed by atoms with E-state index in [1.807, 2.05) is 6.92 Å². The highest BCUT2D eigenvalue weighted by Crippen LogP contribution is 2.10. The topological polar surface area (TPSA) is 30.3 Å². The van der Waals surface area contributed by atoms with Gasteiger partial charge in [0.1, 0.15) is 25.4 Å². The molecule has 1 saturated heterocycles. The lowest BCUT2D eigenvalue weighted by molar-refractivity contribution is -0.901. The Kier molecular flexibility index (Phi) is 5.49. The summed E-state index contributed by atoms with van der Waals surface area (Å²) in [5.74, 6) is 0.975. The highest BCUT2D eigenvalue weighted by Gasteiger charge is 2.14. The first-order valence-corrected chi connectivity index (χ1v) is 7.25. The molecular weight excluding hydrogens is 224 g/mol. The summed E-state index contributed by atoms with van der Waals surface area (Å²) < 4.78 is 5.44. The molecule has 0 unspecified atom stereocenters. The number of likely N-dealkylation sites (tertiary alicyclic amines) is 1. The van der Waals surface area contributed by atoms with Crippen LogP contribution in [0, 0.1) is 0 Å². The SMILES string of the molecule is CCOc1ccc(C[NH2+]CC[NH+]2CCCC2)cc1. The second kappa shape index (κ2) is 7.39. The number of ether oxygens (including phenoxy) is 1. The fourth-order valence-corrected chi connectivity index (χ4v) is 2.59. The van der Waals surface area contributed by atoms with Gasteiger partial charge in [-0.25, -0.2) is 0 Å². The molecule has 18 heavy (non-hydrogen) atoms. The quantitative estimate of drug-likeness (QED) is 0.647. The van der Waals surface area contributed by atoms with Crippen LogP contribution in [0.2, 0.25) is 0 Å². The molecule has 100 valence electrons. The molecule has 1 heterocycles. The maximum absolute atomic E-state index is 5.44. The van der Waals surface area contributed by atoms with Gasteiger partial charge in [-0.3, -0.25) is 0 Å². The molecule has 0 saturated carbocycles. The van der Waals surface area contributed by atoms with Crippen LogP contribution >= 0.6 is 0 Å². The summed E-state index contributed by atoms with van der Waals surface area (Å²) in [7, 11) is 0. The standard InChI is InChI=1S/C15H24N2O/c1-2-18-15-7-5-14(6-8-15)13-16-9-12-17-10-3-4-11-17/h5-8,16H,2-4,9-13H2,1H3/p+2. The number of hydrogen-bond donors (Lipinski definition) is 2. The van der Waals surface area contributed by atoms with Crippen molar-refractivity contribution in [1.82, 2.24) is 0 Å². The molecule has 1 aromatic rings. The zero-order valence-corrected chi connectivity index (χ0v) is 11.5. The molecule has 0 aliphatic carbocycles. The second-order valence-electron chi connectivity index (χ2n) is 5.07. The summed E-state index contributed by atoms with van der Waals surface area (Å²) >= 11 is 0. The van der Waals surface area contributed by atoms with Crippen molar-refractivity contribution in [2.75, 3.05) is 32.8 Å². The van der Waals surface area contributed by atoms with E-state index in [2.05, 4.69) is 29.6 Å². The summed E-state index contributed by atoms with van der Waals surface area (Å²) in [6.07, 6.45) is 2.85. The van der Waals surface area contributed by atoms with Crippen molar-refractivity contribution in [3.05, 3.63) is 29.8 Å². The predicted molar refractivity (Wildman–Crippen MR) is 72.9 cm³/mol. The molecule has 1 aromatic carbocycles. The van der Waals surface area contributed by atoms with Crippen LogP contribution in [-0.4, -0.2) is 32.8 Å². The maximum atomic E-state index is 5.44. The maximum Gasteiger partial charge on any atom is 0.127 e. The lowest BCUT2D eigenvalue weighted by atomic mass is 10.2. The first-order chi connectivity index (χ1) is 8.88. The molecule has 0 atom stereocenters. The molecule has 0 amide bonds. The average Bonchev–Trinajstić information content (AvgIpc) is 2.90. The Morgan fingerprint density at radius 1 is 1.17 bits per heavy atom. The Bertz CT molecular complexity index is 331. The van der Waals surface area contributed by atoms with Crippen molar-refractivity contribution in [3.63, 3.8) is 0 Å². The van der Waals surface area contributed by atoms with Gasteiger partial charge >= 0.3 is 0 Å². The molecule has 2 rings (SSSR count). The van der Waals surface area contributed by atoms with Crippen molar-refractivity contribution in [2.45, 2.75) is 26.3 Å². The molecule has 0 bridgehead atoms. The van der Waals surface area contributed by atoms with E-state index in [1.165, 1.54) is 44.6 Å². The van der Waals surface area contributed by atoms with Gasteiger partial charge in [-0.1, -0.05) is 0 Å². The number of hydrogen-bond acceptors (Lipinski definition) is 1. The summed E-state index contributed by atoms with van der Waals surface area (Å²) in [6, 6.07) is 8.48. The summed E-state index contributed by atoms with van der Waals surface area (Å²) in [5.41, 5.74) is 1.38. The van der Waals surface area contributed by atoms with Gasteiger partial charge in [0.05, 0.1) is 19.7 Å². The highest BCUT2D eigenvalue weighted by atomic mass is 16.5.